The summed E-state index contributed by atoms with van der Waals surface area (Å²) >= 11 is 6.43. The summed E-state index contributed by atoms with van der Waals surface area (Å²) in [5.74, 6) is 0.944. The Hall–Kier alpha value is -1.69. The molecule has 4 rings (SSSR count). The summed E-state index contributed by atoms with van der Waals surface area (Å²) in [6.07, 6.45) is 4.69. The molecule has 2 fully saturated rings. The van der Waals surface area contributed by atoms with Crippen LogP contribution in [0.1, 0.15) is 37.7 Å². The van der Waals surface area contributed by atoms with Gasteiger partial charge in [0, 0.05) is 48.8 Å². The van der Waals surface area contributed by atoms with Crippen LogP contribution in [0.3, 0.4) is 0 Å². The van der Waals surface area contributed by atoms with Crippen LogP contribution in [-0.2, 0) is 14.3 Å². The highest BCUT2D eigenvalue weighted by molar-refractivity contribution is 6.32. The van der Waals surface area contributed by atoms with Crippen molar-refractivity contribution in [1.29, 1.82) is 0 Å². The van der Waals surface area contributed by atoms with Crippen LogP contribution >= 0.6 is 11.6 Å². The van der Waals surface area contributed by atoms with Crippen molar-refractivity contribution in [3.63, 3.8) is 0 Å². The maximum absolute atomic E-state index is 12.7. The molecule has 1 aromatic carbocycles. The van der Waals surface area contributed by atoms with E-state index in [-0.39, 0.29) is 23.2 Å². The van der Waals surface area contributed by atoms with Gasteiger partial charge in [-0.15, -0.1) is 0 Å². The van der Waals surface area contributed by atoms with Crippen molar-refractivity contribution in [2.75, 3.05) is 32.2 Å². The normalized spacial score (nSPS) is 22.0. The van der Waals surface area contributed by atoms with Gasteiger partial charge in [-0.05, 0) is 53.8 Å². The van der Waals surface area contributed by atoms with Gasteiger partial charge in [-0.25, -0.2) is 4.98 Å². The van der Waals surface area contributed by atoms with E-state index >= 15 is 0 Å². The number of rotatable bonds is 5. The first-order valence-corrected chi connectivity index (χ1v) is 9.87. The molecule has 5 nitrogen and oxygen atoms in total. The minimum atomic E-state index is 0.0747. The SMILES string of the molecule is COCC(C)c1cc2cc(NC(=O)C3CC34CCOCC4)ncc2cc1Cl. The number of ether oxygens (including phenoxy) is 2. The Morgan fingerprint density at radius 3 is 2.89 bits per heavy atom. The Balaban J connectivity index is 1.52. The zero-order valence-electron chi connectivity index (χ0n) is 15.8. The smallest absolute Gasteiger partial charge is 0.229 e. The number of benzene rings is 1. The van der Waals surface area contributed by atoms with E-state index in [4.69, 9.17) is 21.1 Å². The maximum Gasteiger partial charge on any atom is 0.229 e. The molecule has 144 valence electrons. The standard InChI is InChI=1S/C21H25ClN2O3/c1-13(12-26-2)16-7-14-9-19(23-11-15(14)8-18(16)22)24-20(25)17-10-21(17)3-5-27-6-4-21/h7-9,11,13,17H,3-6,10,12H2,1-2H3,(H,23,24,25). The highest BCUT2D eigenvalue weighted by Gasteiger charge is 2.58. The molecule has 1 spiro atoms. The summed E-state index contributed by atoms with van der Waals surface area (Å²) in [5.41, 5.74) is 1.20. The lowest BCUT2D eigenvalue weighted by Gasteiger charge is -2.22. The largest absolute Gasteiger partial charge is 0.384 e. The second-order valence-electron chi connectivity index (χ2n) is 7.87. The van der Waals surface area contributed by atoms with Crippen molar-refractivity contribution in [3.05, 3.63) is 35.0 Å². The fourth-order valence-electron chi connectivity index (χ4n) is 4.23. The Kier molecular flexibility index (Phi) is 5.10. The highest BCUT2D eigenvalue weighted by Crippen LogP contribution is 2.59. The molecular formula is C21H25ClN2O3. The van der Waals surface area contributed by atoms with Crippen LogP contribution in [0.4, 0.5) is 5.82 Å². The van der Waals surface area contributed by atoms with Gasteiger partial charge < -0.3 is 14.8 Å². The van der Waals surface area contributed by atoms with Crippen molar-refractivity contribution < 1.29 is 14.3 Å². The van der Waals surface area contributed by atoms with Crippen LogP contribution in [0.25, 0.3) is 10.8 Å². The zero-order valence-corrected chi connectivity index (χ0v) is 16.5. The van der Waals surface area contributed by atoms with Crippen LogP contribution in [-0.4, -0.2) is 37.8 Å². The first kappa shape index (κ1) is 18.7. The Morgan fingerprint density at radius 1 is 1.37 bits per heavy atom. The molecule has 27 heavy (non-hydrogen) atoms. The van der Waals surface area contributed by atoms with Gasteiger partial charge in [0.25, 0.3) is 0 Å². The zero-order chi connectivity index (χ0) is 19.0. The number of amides is 1. The van der Waals surface area contributed by atoms with E-state index in [1.807, 2.05) is 12.1 Å². The maximum atomic E-state index is 12.7. The molecule has 0 bridgehead atoms. The lowest BCUT2D eigenvalue weighted by Crippen LogP contribution is -2.24. The van der Waals surface area contributed by atoms with Crippen molar-refractivity contribution in [3.8, 4) is 0 Å². The second kappa shape index (κ2) is 7.38. The van der Waals surface area contributed by atoms with E-state index in [1.165, 1.54) is 0 Å². The molecule has 6 heteroatoms. The Morgan fingerprint density at radius 2 is 2.15 bits per heavy atom. The van der Waals surface area contributed by atoms with Gasteiger partial charge in [0.15, 0.2) is 0 Å². The molecule has 1 saturated heterocycles. The molecule has 1 amide bonds. The minimum absolute atomic E-state index is 0.0747. The number of nitrogens with one attached hydrogen (secondary N) is 1. The van der Waals surface area contributed by atoms with Crippen molar-refractivity contribution >= 4 is 34.1 Å². The van der Waals surface area contributed by atoms with E-state index in [1.54, 1.807) is 13.3 Å². The lowest BCUT2D eigenvalue weighted by atomic mass is 9.93. The van der Waals surface area contributed by atoms with Crippen molar-refractivity contribution in [2.45, 2.75) is 32.1 Å². The topological polar surface area (TPSA) is 60.5 Å². The second-order valence-corrected chi connectivity index (χ2v) is 8.27. The van der Waals surface area contributed by atoms with E-state index in [9.17, 15) is 4.79 Å². The summed E-state index contributed by atoms with van der Waals surface area (Å²) in [6, 6.07) is 5.91. The van der Waals surface area contributed by atoms with E-state index in [2.05, 4.69) is 23.3 Å². The van der Waals surface area contributed by atoms with Gasteiger partial charge in [-0.3, -0.25) is 4.79 Å². The third-order valence-electron chi connectivity index (χ3n) is 6.03. The van der Waals surface area contributed by atoms with Crippen LogP contribution in [0.2, 0.25) is 5.02 Å². The average molecular weight is 389 g/mol. The van der Waals surface area contributed by atoms with Crippen LogP contribution in [0, 0.1) is 11.3 Å². The lowest BCUT2D eigenvalue weighted by molar-refractivity contribution is -0.118. The van der Waals surface area contributed by atoms with E-state index in [0.29, 0.717) is 17.4 Å². The number of carbonyl (C=O) groups is 1. The van der Waals surface area contributed by atoms with Crippen LogP contribution in [0.5, 0.6) is 0 Å². The van der Waals surface area contributed by atoms with Gasteiger partial charge in [0.2, 0.25) is 5.91 Å². The molecule has 1 aliphatic carbocycles. The molecule has 1 aliphatic heterocycles. The molecule has 2 heterocycles. The third-order valence-corrected chi connectivity index (χ3v) is 6.36. The number of pyridine rings is 1. The molecule has 2 atom stereocenters. The first-order chi connectivity index (χ1) is 13.0. The Labute approximate surface area is 164 Å². The number of anilines is 1. The van der Waals surface area contributed by atoms with Gasteiger partial charge in [-0.1, -0.05) is 18.5 Å². The number of nitrogens with zero attached hydrogens (tertiary/aromatic N) is 1. The molecule has 0 radical (unpaired) electrons. The summed E-state index contributed by atoms with van der Waals surface area (Å²) in [4.78, 5) is 17.1. The average Bonchev–Trinajstić information content (AvgIpc) is 3.35. The fraction of sp³-hybridized carbons (Fsp3) is 0.524. The summed E-state index contributed by atoms with van der Waals surface area (Å²) in [7, 11) is 1.69. The summed E-state index contributed by atoms with van der Waals surface area (Å²) in [6.45, 7) is 4.22. The highest BCUT2D eigenvalue weighted by atomic mass is 35.5. The summed E-state index contributed by atoms with van der Waals surface area (Å²) < 4.78 is 10.7. The molecule has 2 aromatic rings. The van der Waals surface area contributed by atoms with Gasteiger partial charge in [-0.2, -0.15) is 0 Å². The number of halogens is 1. The minimum Gasteiger partial charge on any atom is -0.384 e. The van der Waals surface area contributed by atoms with E-state index < -0.39 is 0 Å². The number of methoxy groups -OCH3 is 1. The molecule has 1 saturated carbocycles. The van der Waals surface area contributed by atoms with Crippen LogP contribution < -0.4 is 5.32 Å². The van der Waals surface area contributed by atoms with Crippen molar-refractivity contribution in [1.82, 2.24) is 4.98 Å². The monoisotopic (exact) mass is 388 g/mol. The molecule has 2 unspecified atom stereocenters. The number of aromatic nitrogens is 1. The molecule has 2 aliphatic rings. The number of fused-ring (bicyclic) bond motifs is 1. The number of hydrogen-bond acceptors (Lipinski definition) is 4. The third kappa shape index (κ3) is 3.68. The quantitative estimate of drug-likeness (QED) is 0.825. The van der Waals surface area contributed by atoms with Crippen molar-refractivity contribution in [2.24, 2.45) is 11.3 Å². The van der Waals surface area contributed by atoms with E-state index in [0.717, 1.165) is 48.8 Å². The molecule has 1 N–H and O–H groups in total. The predicted molar refractivity (Wildman–Crippen MR) is 106 cm³/mol. The predicted octanol–water partition coefficient (Wildman–Crippen LogP) is 4.39. The van der Waals surface area contributed by atoms with Crippen LogP contribution in [0.15, 0.2) is 24.4 Å². The molecular weight excluding hydrogens is 364 g/mol. The molecule has 1 aromatic heterocycles. The van der Waals surface area contributed by atoms with Gasteiger partial charge in [0.1, 0.15) is 5.82 Å². The number of hydrogen-bond donors (Lipinski definition) is 1. The van der Waals surface area contributed by atoms with Gasteiger partial charge >= 0.3 is 0 Å². The summed E-state index contributed by atoms with van der Waals surface area (Å²) in [5, 5.41) is 5.69. The van der Waals surface area contributed by atoms with Gasteiger partial charge in [0.05, 0.1) is 6.61 Å². The Bertz CT molecular complexity index is 864. The number of carbonyl (C=O) groups excluding carboxylic acids is 1. The fourth-order valence-corrected chi connectivity index (χ4v) is 4.59. The first-order valence-electron chi connectivity index (χ1n) is 9.49.